The fraction of sp³-hybridized carbons (Fsp3) is 0.385. The predicted molar refractivity (Wildman–Crippen MR) is 69.3 cm³/mol. The molecule has 0 aliphatic carbocycles. The number of anilines is 1. The van der Waals surface area contributed by atoms with Gasteiger partial charge in [0, 0.05) is 24.2 Å². The number of carbonyl (C=O) groups is 1. The van der Waals surface area contributed by atoms with Crippen molar-refractivity contribution < 1.29 is 9.53 Å². The van der Waals surface area contributed by atoms with E-state index in [1.54, 1.807) is 31.3 Å². The van der Waals surface area contributed by atoms with Crippen molar-refractivity contribution >= 4 is 11.6 Å². The highest BCUT2D eigenvalue weighted by molar-refractivity contribution is 5.92. The lowest BCUT2D eigenvalue weighted by molar-refractivity contribution is -0.119. The second-order valence-corrected chi connectivity index (χ2v) is 3.92. The summed E-state index contributed by atoms with van der Waals surface area (Å²) in [5.41, 5.74) is 0.665. The van der Waals surface area contributed by atoms with Gasteiger partial charge in [-0.2, -0.15) is 5.26 Å². The molecule has 2 N–H and O–H groups in total. The van der Waals surface area contributed by atoms with Gasteiger partial charge in [-0.1, -0.05) is 13.0 Å². The molecule has 0 aliphatic heterocycles. The molecule has 0 heterocycles. The van der Waals surface area contributed by atoms with Crippen molar-refractivity contribution in [3.8, 4) is 11.8 Å². The summed E-state index contributed by atoms with van der Waals surface area (Å²) < 4.78 is 5.16. The largest absolute Gasteiger partial charge is 0.479 e. The van der Waals surface area contributed by atoms with E-state index >= 15 is 0 Å². The number of hydrogen-bond acceptors (Lipinski definition) is 4. The molecule has 0 saturated carbocycles. The molecule has 0 spiro atoms. The molecule has 1 amide bonds. The first-order valence-corrected chi connectivity index (χ1v) is 5.72. The molecule has 0 fully saturated rings. The van der Waals surface area contributed by atoms with Crippen LogP contribution in [0.5, 0.6) is 5.75 Å². The molecular formula is C13H17N3O2. The summed E-state index contributed by atoms with van der Waals surface area (Å²) in [6, 6.07) is 8.88. The topological polar surface area (TPSA) is 74.2 Å². The first-order valence-electron chi connectivity index (χ1n) is 5.72. The molecule has 5 heteroatoms. The highest BCUT2D eigenvalue weighted by Gasteiger charge is 2.11. The van der Waals surface area contributed by atoms with Gasteiger partial charge in [0.2, 0.25) is 5.91 Å². The summed E-state index contributed by atoms with van der Waals surface area (Å²) in [7, 11) is 1.81. The number of nitriles is 1. The Bertz CT molecular complexity index is 440. The van der Waals surface area contributed by atoms with E-state index in [9.17, 15) is 4.79 Å². The lowest BCUT2D eigenvalue weighted by Crippen LogP contribution is -2.28. The zero-order chi connectivity index (χ0) is 13.4. The van der Waals surface area contributed by atoms with Crippen LogP contribution in [0.15, 0.2) is 24.3 Å². The smallest absolute Gasteiger partial charge is 0.228 e. The van der Waals surface area contributed by atoms with Crippen molar-refractivity contribution in [1.82, 2.24) is 5.32 Å². The van der Waals surface area contributed by atoms with Crippen molar-refractivity contribution in [2.24, 2.45) is 5.92 Å². The minimum Gasteiger partial charge on any atom is -0.479 e. The van der Waals surface area contributed by atoms with E-state index in [0.717, 1.165) is 0 Å². The van der Waals surface area contributed by atoms with Crippen molar-refractivity contribution in [2.45, 2.75) is 6.92 Å². The molecule has 96 valence electrons. The van der Waals surface area contributed by atoms with Gasteiger partial charge in [-0.3, -0.25) is 4.79 Å². The average molecular weight is 247 g/mol. The maximum Gasteiger partial charge on any atom is 0.228 e. The summed E-state index contributed by atoms with van der Waals surface area (Å²) in [5.74, 6) is 0.399. The van der Waals surface area contributed by atoms with Gasteiger partial charge in [0.15, 0.2) is 6.61 Å². The molecule has 1 aromatic rings. The van der Waals surface area contributed by atoms with Crippen LogP contribution in [0.25, 0.3) is 0 Å². The lowest BCUT2D eigenvalue weighted by atomic mass is 10.1. The third-order valence-electron chi connectivity index (χ3n) is 2.36. The van der Waals surface area contributed by atoms with Gasteiger partial charge in [-0.15, -0.1) is 0 Å². The second-order valence-electron chi connectivity index (χ2n) is 3.92. The number of nitrogens with zero attached hydrogens (tertiary/aromatic N) is 1. The van der Waals surface area contributed by atoms with Crippen LogP contribution < -0.4 is 15.4 Å². The molecule has 1 atom stereocenters. The van der Waals surface area contributed by atoms with Crippen LogP contribution in [0.1, 0.15) is 6.92 Å². The van der Waals surface area contributed by atoms with E-state index in [2.05, 4.69) is 10.6 Å². The van der Waals surface area contributed by atoms with Crippen LogP contribution in [0, 0.1) is 17.2 Å². The third-order valence-corrected chi connectivity index (χ3v) is 2.36. The van der Waals surface area contributed by atoms with Gasteiger partial charge in [0.05, 0.1) is 0 Å². The van der Waals surface area contributed by atoms with Gasteiger partial charge < -0.3 is 15.4 Å². The molecule has 1 rings (SSSR count). The quantitative estimate of drug-likeness (QED) is 0.796. The molecule has 0 bridgehead atoms. The SMILES string of the molecule is CNCC(C)C(=O)Nc1cccc(OCC#N)c1. The number of benzene rings is 1. The molecular weight excluding hydrogens is 230 g/mol. The summed E-state index contributed by atoms with van der Waals surface area (Å²) in [4.78, 5) is 11.8. The Morgan fingerprint density at radius 1 is 1.56 bits per heavy atom. The van der Waals surface area contributed by atoms with E-state index in [4.69, 9.17) is 10.00 Å². The number of amides is 1. The third kappa shape index (κ3) is 4.44. The molecule has 18 heavy (non-hydrogen) atoms. The molecule has 1 aromatic carbocycles. The highest BCUT2D eigenvalue weighted by atomic mass is 16.5. The maximum atomic E-state index is 11.8. The van der Waals surface area contributed by atoms with Crippen LogP contribution >= 0.6 is 0 Å². The fourth-order valence-corrected chi connectivity index (χ4v) is 1.44. The zero-order valence-electron chi connectivity index (χ0n) is 10.6. The van der Waals surface area contributed by atoms with Crippen LogP contribution in [0.4, 0.5) is 5.69 Å². The Kier molecular flexibility index (Phi) is 5.68. The van der Waals surface area contributed by atoms with Crippen molar-refractivity contribution in [1.29, 1.82) is 5.26 Å². The molecule has 0 saturated heterocycles. The van der Waals surface area contributed by atoms with Crippen LogP contribution in [-0.4, -0.2) is 26.1 Å². The Labute approximate surface area is 107 Å². The van der Waals surface area contributed by atoms with E-state index < -0.39 is 0 Å². The summed E-state index contributed by atoms with van der Waals surface area (Å²) in [6.45, 7) is 2.46. The number of nitrogens with one attached hydrogen (secondary N) is 2. The van der Waals surface area contributed by atoms with Gasteiger partial charge in [-0.05, 0) is 19.2 Å². The first-order chi connectivity index (χ1) is 8.67. The monoisotopic (exact) mass is 247 g/mol. The van der Waals surface area contributed by atoms with Gasteiger partial charge in [0.25, 0.3) is 0 Å². The Morgan fingerprint density at radius 2 is 2.33 bits per heavy atom. The molecule has 0 radical (unpaired) electrons. The molecule has 1 unspecified atom stereocenters. The van der Waals surface area contributed by atoms with Crippen LogP contribution in [0.3, 0.4) is 0 Å². The first kappa shape index (κ1) is 14.0. The van der Waals surface area contributed by atoms with E-state index in [0.29, 0.717) is 18.0 Å². The molecule has 5 nitrogen and oxygen atoms in total. The van der Waals surface area contributed by atoms with Gasteiger partial charge in [-0.25, -0.2) is 0 Å². The minimum absolute atomic E-state index is 0.00639. The van der Waals surface area contributed by atoms with E-state index in [-0.39, 0.29) is 18.4 Å². The zero-order valence-corrected chi connectivity index (χ0v) is 10.6. The molecule has 0 aromatic heterocycles. The number of ether oxygens (including phenoxy) is 1. The van der Waals surface area contributed by atoms with Crippen LogP contribution in [-0.2, 0) is 4.79 Å². The summed E-state index contributed by atoms with van der Waals surface area (Å²) in [5, 5.41) is 14.2. The van der Waals surface area contributed by atoms with Crippen molar-refractivity contribution in [2.75, 3.05) is 25.5 Å². The molecule has 0 aliphatic rings. The number of rotatable bonds is 6. The Morgan fingerprint density at radius 3 is 3.00 bits per heavy atom. The predicted octanol–water partition coefficient (Wildman–Crippen LogP) is 1.38. The number of hydrogen-bond donors (Lipinski definition) is 2. The number of carbonyl (C=O) groups excluding carboxylic acids is 1. The average Bonchev–Trinajstić information content (AvgIpc) is 2.37. The van der Waals surface area contributed by atoms with Gasteiger partial charge in [0.1, 0.15) is 11.8 Å². The summed E-state index contributed by atoms with van der Waals surface area (Å²) >= 11 is 0. The van der Waals surface area contributed by atoms with Gasteiger partial charge >= 0.3 is 0 Å². The normalized spacial score (nSPS) is 11.4. The Hall–Kier alpha value is -2.06. The minimum atomic E-state index is -0.112. The van der Waals surface area contributed by atoms with E-state index in [1.807, 2.05) is 13.0 Å². The fourth-order valence-electron chi connectivity index (χ4n) is 1.44. The van der Waals surface area contributed by atoms with Crippen molar-refractivity contribution in [3.63, 3.8) is 0 Å². The van der Waals surface area contributed by atoms with Crippen molar-refractivity contribution in [3.05, 3.63) is 24.3 Å². The Balaban J connectivity index is 2.61. The summed E-state index contributed by atoms with van der Waals surface area (Å²) in [6.07, 6.45) is 0. The lowest BCUT2D eigenvalue weighted by Gasteiger charge is -2.12. The van der Waals surface area contributed by atoms with Crippen LogP contribution in [0.2, 0.25) is 0 Å². The highest BCUT2D eigenvalue weighted by Crippen LogP contribution is 2.17. The second kappa shape index (κ2) is 7.30. The van der Waals surface area contributed by atoms with E-state index in [1.165, 1.54) is 0 Å². The maximum absolute atomic E-state index is 11.8. The standard InChI is InChI=1S/C13H17N3O2/c1-10(9-15-2)13(17)16-11-4-3-5-12(8-11)18-7-6-14/h3-5,8,10,15H,7,9H2,1-2H3,(H,16,17).